The third-order valence-corrected chi connectivity index (χ3v) is 1.81. The molecule has 2 heteroatoms. The second-order valence-corrected chi connectivity index (χ2v) is 3.01. The van der Waals surface area contributed by atoms with Crippen LogP contribution in [0.5, 0.6) is 0 Å². The van der Waals surface area contributed by atoms with Gasteiger partial charge in [-0.05, 0) is 25.5 Å². The Labute approximate surface area is 73.3 Å². The summed E-state index contributed by atoms with van der Waals surface area (Å²) in [6.45, 7) is 3.99. The summed E-state index contributed by atoms with van der Waals surface area (Å²) in [5, 5.41) is 9.58. The van der Waals surface area contributed by atoms with Crippen LogP contribution in [0.4, 0.5) is 0 Å². The molecule has 0 aromatic carbocycles. The van der Waals surface area contributed by atoms with Crippen LogP contribution in [0.1, 0.15) is 37.3 Å². The second-order valence-electron chi connectivity index (χ2n) is 3.01. The smallest absolute Gasteiger partial charge is 0.0959 e. The average Bonchev–Trinajstić information content (AvgIpc) is 2.05. The number of aromatic nitrogens is 1. The Morgan fingerprint density at radius 2 is 2.25 bits per heavy atom. The van der Waals surface area contributed by atoms with Crippen LogP contribution in [0.25, 0.3) is 0 Å². The van der Waals surface area contributed by atoms with Crippen molar-refractivity contribution in [2.45, 2.75) is 32.8 Å². The Hall–Kier alpha value is -0.890. The van der Waals surface area contributed by atoms with Crippen molar-refractivity contribution in [2.75, 3.05) is 0 Å². The minimum absolute atomic E-state index is 0.394. The summed E-state index contributed by atoms with van der Waals surface area (Å²) in [6, 6.07) is 5.73. The van der Waals surface area contributed by atoms with E-state index in [9.17, 15) is 5.11 Å². The topological polar surface area (TPSA) is 33.1 Å². The first-order valence-electron chi connectivity index (χ1n) is 4.35. The molecule has 0 aliphatic heterocycles. The lowest BCUT2D eigenvalue weighted by Gasteiger charge is -2.08. The summed E-state index contributed by atoms with van der Waals surface area (Å²) in [5.41, 5.74) is 1.75. The van der Waals surface area contributed by atoms with Gasteiger partial charge < -0.3 is 5.11 Å². The molecule has 1 aromatic heterocycles. The molecule has 12 heavy (non-hydrogen) atoms. The maximum Gasteiger partial charge on any atom is 0.0959 e. The molecular weight excluding hydrogens is 150 g/mol. The zero-order valence-electron chi connectivity index (χ0n) is 7.62. The van der Waals surface area contributed by atoms with Crippen LogP contribution >= 0.6 is 0 Å². The molecule has 0 saturated heterocycles. The van der Waals surface area contributed by atoms with Gasteiger partial charge in [0.05, 0.1) is 11.8 Å². The number of hydrogen-bond donors (Lipinski definition) is 1. The van der Waals surface area contributed by atoms with Crippen molar-refractivity contribution in [3.63, 3.8) is 0 Å². The van der Waals surface area contributed by atoms with E-state index in [-0.39, 0.29) is 0 Å². The van der Waals surface area contributed by atoms with Crippen molar-refractivity contribution in [1.29, 1.82) is 0 Å². The van der Waals surface area contributed by atoms with E-state index in [2.05, 4.69) is 11.9 Å². The van der Waals surface area contributed by atoms with Crippen LogP contribution in [-0.4, -0.2) is 10.1 Å². The number of pyridine rings is 1. The molecule has 2 nitrogen and oxygen atoms in total. The number of aliphatic hydroxyl groups excluding tert-OH is 1. The third kappa shape index (κ3) is 2.31. The SMILES string of the molecule is CCCC(O)c1cccc(C)n1. The molecule has 0 radical (unpaired) electrons. The molecule has 0 bridgehead atoms. The molecule has 0 amide bonds. The maximum absolute atomic E-state index is 9.58. The van der Waals surface area contributed by atoms with Crippen LogP contribution in [0, 0.1) is 6.92 Å². The lowest BCUT2D eigenvalue weighted by atomic mass is 10.1. The normalized spacial score (nSPS) is 12.9. The van der Waals surface area contributed by atoms with E-state index < -0.39 is 6.10 Å². The summed E-state index contributed by atoms with van der Waals surface area (Å²) >= 11 is 0. The van der Waals surface area contributed by atoms with E-state index in [1.807, 2.05) is 25.1 Å². The molecule has 0 aliphatic carbocycles. The minimum atomic E-state index is -0.394. The van der Waals surface area contributed by atoms with Crippen LogP contribution in [0.2, 0.25) is 0 Å². The Bertz CT molecular complexity index is 247. The number of aryl methyl sites for hydroxylation is 1. The average molecular weight is 165 g/mol. The van der Waals surface area contributed by atoms with E-state index in [1.165, 1.54) is 0 Å². The van der Waals surface area contributed by atoms with E-state index in [0.29, 0.717) is 0 Å². The first-order valence-corrected chi connectivity index (χ1v) is 4.35. The van der Waals surface area contributed by atoms with Gasteiger partial charge in [0, 0.05) is 5.69 Å². The predicted molar refractivity (Wildman–Crippen MR) is 48.8 cm³/mol. The van der Waals surface area contributed by atoms with Gasteiger partial charge in [-0.25, -0.2) is 0 Å². The highest BCUT2D eigenvalue weighted by atomic mass is 16.3. The lowest BCUT2D eigenvalue weighted by Crippen LogP contribution is -2.00. The zero-order chi connectivity index (χ0) is 8.97. The number of rotatable bonds is 3. The van der Waals surface area contributed by atoms with Crippen LogP contribution in [0.15, 0.2) is 18.2 Å². The number of aliphatic hydroxyl groups is 1. The van der Waals surface area contributed by atoms with Crippen LogP contribution < -0.4 is 0 Å². The largest absolute Gasteiger partial charge is 0.387 e. The fourth-order valence-corrected chi connectivity index (χ4v) is 1.17. The second kappa shape index (κ2) is 4.21. The van der Waals surface area contributed by atoms with Gasteiger partial charge in [0.2, 0.25) is 0 Å². The van der Waals surface area contributed by atoms with E-state index in [1.54, 1.807) is 0 Å². The van der Waals surface area contributed by atoms with Gasteiger partial charge in [-0.2, -0.15) is 0 Å². The summed E-state index contributed by atoms with van der Waals surface area (Å²) in [7, 11) is 0. The van der Waals surface area contributed by atoms with Gasteiger partial charge in [-0.1, -0.05) is 19.4 Å². The zero-order valence-corrected chi connectivity index (χ0v) is 7.62. The highest BCUT2D eigenvalue weighted by molar-refractivity contribution is 5.11. The molecule has 0 aliphatic rings. The van der Waals surface area contributed by atoms with Gasteiger partial charge in [0.15, 0.2) is 0 Å². The van der Waals surface area contributed by atoms with Gasteiger partial charge >= 0.3 is 0 Å². The van der Waals surface area contributed by atoms with Crippen LogP contribution in [0.3, 0.4) is 0 Å². The molecule has 1 unspecified atom stereocenters. The third-order valence-electron chi connectivity index (χ3n) is 1.81. The van der Waals surface area contributed by atoms with Crippen molar-refractivity contribution in [2.24, 2.45) is 0 Å². The standard InChI is InChI=1S/C10H15NO/c1-3-5-10(12)9-7-4-6-8(2)11-9/h4,6-7,10,12H,3,5H2,1-2H3. The van der Waals surface area contributed by atoms with Crippen molar-refractivity contribution < 1.29 is 5.11 Å². The van der Waals surface area contributed by atoms with Crippen molar-refractivity contribution in [1.82, 2.24) is 4.98 Å². The summed E-state index contributed by atoms with van der Waals surface area (Å²) in [5.74, 6) is 0. The molecular formula is C10H15NO. The first-order chi connectivity index (χ1) is 5.74. The van der Waals surface area contributed by atoms with Crippen LogP contribution in [-0.2, 0) is 0 Å². The summed E-state index contributed by atoms with van der Waals surface area (Å²) in [6.07, 6.45) is 1.38. The van der Waals surface area contributed by atoms with Crippen molar-refractivity contribution >= 4 is 0 Å². The number of nitrogens with zero attached hydrogens (tertiary/aromatic N) is 1. The number of hydrogen-bond acceptors (Lipinski definition) is 2. The van der Waals surface area contributed by atoms with E-state index in [0.717, 1.165) is 24.2 Å². The Morgan fingerprint density at radius 3 is 2.83 bits per heavy atom. The van der Waals surface area contributed by atoms with Gasteiger partial charge in [0.25, 0.3) is 0 Å². The highest BCUT2D eigenvalue weighted by Crippen LogP contribution is 2.15. The van der Waals surface area contributed by atoms with Crippen molar-refractivity contribution in [3.8, 4) is 0 Å². The molecule has 1 N–H and O–H groups in total. The predicted octanol–water partition coefficient (Wildman–Crippen LogP) is 2.22. The van der Waals surface area contributed by atoms with E-state index in [4.69, 9.17) is 0 Å². The van der Waals surface area contributed by atoms with Gasteiger partial charge in [-0.3, -0.25) is 4.98 Å². The summed E-state index contributed by atoms with van der Waals surface area (Å²) in [4.78, 5) is 4.24. The molecule has 0 fully saturated rings. The quantitative estimate of drug-likeness (QED) is 0.745. The highest BCUT2D eigenvalue weighted by Gasteiger charge is 2.06. The first kappa shape index (κ1) is 9.20. The molecule has 1 aromatic rings. The molecule has 1 heterocycles. The summed E-state index contributed by atoms with van der Waals surface area (Å²) < 4.78 is 0. The molecule has 0 spiro atoms. The molecule has 0 saturated carbocycles. The minimum Gasteiger partial charge on any atom is -0.387 e. The molecule has 66 valence electrons. The fourth-order valence-electron chi connectivity index (χ4n) is 1.17. The molecule has 1 atom stereocenters. The fraction of sp³-hybridized carbons (Fsp3) is 0.500. The van der Waals surface area contributed by atoms with Gasteiger partial charge in [-0.15, -0.1) is 0 Å². The van der Waals surface area contributed by atoms with E-state index >= 15 is 0 Å². The monoisotopic (exact) mass is 165 g/mol. The van der Waals surface area contributed by atoms with Gasteiger partial charge in [0.1, 0.15) is 0 Å². The van der Waals surface area contributed by atoms with Crippen molar-refractivity contribution in [3.05, 3.63) is 29.6 Å². The maximum atomic E-state index is 9.58. The Balaban J connectivity index is 2.73. The molecule has 1 rings (SSSR count). The Kier molecular flexibility index (Phi) is 3.23. The lowest BCUT2D eigenvalue weighted by molar-refractivity contribution is 0.161. The Morgan fingerprint density at radius 1 is 1.50 bits per heavy atom.